The summed E-state index contributed by atoms with van der Waals surface area (Å²) in [6.07, 6.45) is 2.97. The van der Waals surface area contributed by atoms with Gasteiger partial charge >= 0.3 is 0 Å². The van der Waals surface area contributed by atoms with Crippen LogP contribution in [0.3, 0.4) is 0 Å². The first-order valence-corrected chi connectivity index (χ1v) is 10.7. The van der Waals surface area contributed by atoms with Crippen molar-refractivity contribution in [1.29, 1.82) is 0 Å². The largest absolute Gasteiger partial charge is 0.350 e. The zero-order chi connectivity index (χ0) is 18.5. The molecular formula is C21H22N2OS2. The first-order valence-electron chi connectivity index (χ1n) is 8.64. The molecule has 0 aliphatic heterocycles. The molecule has 5 heteroatoms. The van der Waals surface area contributed by atoms with Crippen molar-refractivity contribution in [3.63, 3.8) is 0 Å². The molecule has 1 atom stereocenters. The van der Waals surface area contributed by atoms with Crippen LogP contribution >= 0.6 is 23.5 Å². The van der Waals surface area contributed by atoms with Crippen molar-refractivity contribution < 1.29 is 4.79 Å². The number of pyridine rings is 1. The number of thioether (sulfide) groups is 1. The van der Waals surface area contributed by atoms with Crippen LogP contribution in [-0.2, 0) is 0 Å². The van der Waals surface area contributed by atoms with Gasteiger partial charge in [-0.05, 0) is 43.9 Å². The molecule has 0 unspecified atom stereocenters. The van der Waals surface area contributed by atoms with Crippen LogP contribution in [-0.4, -0.2) is 23.2 Å². The van der Waals surface area contributed by atoms with E-state index in [-0.39, 0.29) is 11.9 Å². The molecule has 3 rings (SSSR count). The van der Waals surface area contributed by atoms with E-state index < -0.39 is 0 Å². The number of benzene rings is 2. The van der Waals surface area contributed by atoms with Crippen molar-refractivity contribution in [3.05, 3.63) is 60.2 Å². The summed E-state index contributed by atoms with van der Waals surface area (Å²) in [4.78, 5) is 19.9. The Hall–Kier alpha value is -1.98. The maximum atomic E-state index is 12.8. The Labute approximate surface area is 163 Å². The van der Waals surface area contributed by atoms with E-state index in [1.807, 2.05) is 49.4 Å². The lowest BCUT2D eigenvalue weighted by molar-refractivity contribution is 0.0940. The van der Waals surface area contributed by atoms with Gasteiger partial charge < -0.3 is 5.32 Å². The number of hydrogen-bond donors (Lipinski definition) is 1. The molecule has 1 N–H and O–H groups in total. The number of hydrogen-bond acceptors (Lipinski definition) is 4. The van der Waals surface area contributed by atoms with Gasteiger partial charge in [0.25, 0.3) is 5.91 Å². The molecule has 0 spiro atoms. The van der Waals surface area contributed by atoms with Crippen molar-refractivity contribution in [2.45, 2.75) is 41.1 Å². The van der Waals surface area contributed by atoms with E-state index in [2.05, 4.69) is 30.6 Å². The van der Waals surface area contributed by atoms with Gasteiger partial charge in [0, 0.05) is 21.2 Å². The summed E-state index contributed by atoms with van der Waals surface area (Å²) in [7, 11) is 0. The fourth-order valence-electron chi connectivity index (χ4n) is 2.61. The highest BCUT2D eigenvalue weighted by molar-refractivity contribution is 8.02. The Morgan fingerprint density at radius 1 is 1.12 bits per heavy atom. The summed E-state index contributed by atoms with van der Waals surface area (Å²) in [5.74, 6) is -0.0436. The highest BCUT2D eigenvalue weighted by Gasteiger charge is 2.15. The normalized spacial score (nSPS) is 12.1. The van der Waals surface area contributed by atoms with Crippen molar-refractivity contribution >= 4 is 40.3 Å². The molecule has 1 aromatic heterocycles. The highest BCUT2D eigenvalue weighted by atomic mass is 32.2. The third-order valence-electron chi connectivity index (χ3n) is 4.21. The number of amides is 1. The SMILES string of the molecule is CC[C@H](C)NC(=O)c1cc(Sc2ccccc2SC)nc2ccccc12. The summed E-state index contributed by atoms with van der Waals surface area (Å²) >= 11 is 3.31. The van der Waals surface area contributed by atoms with Crippen molar-refractivity contribution in [2.75, 3.05) is 6.26 Å². The van der Waals surface area contributed by atoms with E-state index in [1.54, 1.807) is 23.5 Å². The molecule has 2 aromatic carbocycles. The van der Waals surface area contributed by atoms with Crippen LogP contribution in [0.2, 0.25) is 0 Å². The Morgan fingerprint density at radius 2 is 1.81 bits per heavy atom. The molecule has 26 heavy (non-hydrogen) atoms. The van der Waals surface area contributed by atoms with E-state index in [0.29, 0.717) is 5.56 Å². The second-order valence-electron chi connectivity index (χ2n) is 6.06. The lowest BCUT2D eigenvalue weighted by atomic mass is 10.1. The molecule has 3 aromatic rings. The van der Waals surface area contributed by atoms with Gasteiger partial charge in [-0.15, -0.1) is 11.8 Å². The lowest BCUT2D eigenvalue weighted by Crippen LogP contribution is -2.32. The summed E-state index contributed by atoms with van der Waals surface area (Å²) in [6.45, 7) is 4.09. The standard InChI is InChI=1S/C21H22N2OS2/c1-4-14(2)22-21(24)16-13-20(23-17-10-6-5-9-15(16)17)26-19-12-8-7-11-18(19)25-3/h5-14H,4H2,1-3H3,(H,22,24)/t14-/m0/s1. The summed E-state index contributed by atoms with van der Waals surface area (Å²) in [6, 6.07) is 18.1. The zero-order valence-corrected chi connectivity index (χ0v) is 16.8. The van der Waals surface area contributed by atoms with Gasteiger partial charge in [-0.3, -0.25) is 4.79 Å². The highest BCUT2D eigenvalue weighted by Crippen LogP contribution is 2.35. The van der Waals surface area contributed by atoms with Crippen molar-refractivity contribution in [1.82, 2.24) is 10.3 Å². The molecule has 134 valence electrons. The van der Waals surface area contributed by atoms with Crippen LogP contribution in [0.5, 0.6) is 0 Å². The molecule has 0 saturated carbocycles. The van der Waals surface area contributed by atoms with E-state index in [4.69, 9.17) is 4.98 Å². The van der Waals surface area contributed by atoms with Crippen molar-refractivity contribution in [2.24, 2.45) is 0 Å². The van der Waals surface area contributed by atoms with E-state index in [9.17, 15) is 4.79 Å². The molecule has 0 fully saturated rings. The third kappa shape index (κ3) is 4.22. The quantitative estimate of drug-likeness (QED) is 0.561. The van der Waals surface area contributed by atoms with Gasteiger partial charge in [0.05, 0.1) is 11.1 Å². The van der Waals surface area contributed by atoms with Crippen LogP contribution in [0, 0.1) is 0 Å². The smallest absolute Gasteiger partial charge is 0.252 e. The predicted octanol–water partition coefficient (Wildman–Crippen LogP) is 5.64. The fourth-order valence-corrected chi connectivity index (χ4v) is 4.33. The van der Waals surface area contributed by atoms with Gasteiger partial charge in [0.2, 0.25) is 0 Å². The van der Waals surface area contributed by atoms with Crippen LogP contribution in [0.25, 0.3) is 10.9 Å². The molecule has 0 bridgehead atoms. The van der Waals surface area contributed by atoms with Gasteiger partial charge in [-0.1, -0.05) is 49.0 Å². The summed E-state index contributed by atoms with van der Waals surface area (Å²) in [5.41, 5.74) is 1.52. The predicted molar refractivity (Wildman–Crippen MR) is 111 cm³/mol. The Kier molecular flexibility index (Phi) is 6.22. The van der Waals surface area contributed by atoms with E-state index in [0.717, 1.165) is 27.2 Å². The molecule has 1 heterocycles. The first-order chi connectivity index (χ1) is 12.6. The molecule has 3 nitrogen and oxygen atoms in total. The number of carbonyl (C=O) groups is 1. The first kappa shape index (κ1) is 18.8. The molecule has 0 saturated heterocycles. The van der Waals surface area contributed by atoms with Gasteiger partial charge in [0.15, 0.2) is 0 Å². The van der Waals surface area contributed by atoms with E-state index in [1.165, 1.54) is 4.90 Å². The number of carbonyl (C=O) groups excluding carboxylic acids is 1. The van der Waals surface area contributed by atoms with Crippen molar-refractivity contribution in [3.8, 4) is 0 Å². The third-order valence-corrected chi connectivity index (χ3v) is 6.13. The zero-order valence-electron chi connectivity index (χ0n) is 15.2. The molecule has 0 radical (unpaired) electrons. The summed E-state index contributed by atoms with van der Waals surface area (Å²) in [5, 5.41) is 4.79. The van der Waals surface area contributed by atoms with E-state index >= 15 is 0 Å². The topological polar surface area (TPSA) is 42.0 Å². The summed E-state index contributed by atoms with van der Waals surface area (Å²) < 4.78 is 0. The maximum Gasteiger partial charge on any atom is 0.252 e. The minimum absolute atomic E-state index is 0.0436. The Morgan fingerprint density at radius 3 is 2.54 bits per heavy atom. The molecule has 0 aliphatic rings. The Balaban J connectivity index is 2.03. The fraction of sp³-hybridized carbons (Fsp3) is 0.238. The number of para-hydroxylation sites is 1. The average molecular weight is 383 g/mol. The lowest BCUT2D eigenvalue weighted by Gasteiger charge is -2.14. The second-order valence-corrected chi connectivity index (χ2v) is 7.97. The second kappa shape index (κ2) is 8.60. The van der Waals surface area contributed by atoms with Crippen LogP contribution in [0.1, 0.15) is 30.6 Å². The monoisotopic (exact) mass is 382 g/mol. The molecular weight excluding hydrogens is 360 g/mol. The van der Waals surface area contributed by atoms with Gasteiger partial charge in [-0.2, -0.15) is 0 Å². The van der Waals surface area contributed by atoms with Crippen LogP contribution in [0.4, 0.5) is 0 Å². The number of rotatable bonds is 6. The van der Waals surface area contributed by atoms with Gasteiger partial charge in [0.1, 0.15) is 5.03 Å². The molecule has 1 amide bonds. The van der Waals surface area contributed by atoms with Crippen LogP contribution < -0.4 is 5.32 Å². The average Bonchev–Trinajstić information content (AvgIpc) is 2.67. The minimum Gasteiger partial charge on any atom is -0.350 e. The number of nitrogens with zero attached hydrogens (tertiary/aromatic N) is 1. The number of nitrogens with one attached hydrogen (secondary N) is 1. The minimum atomic E-state index is -0.0436. The Bertz CT molecular complexity index is 927. The number of aromatic nitrogens is 1. The maximum absolute atomic E-state index is 12.8. The number of fused-ring (bicyclic) bond motifs is 1. The van der Waals surface area contributed by atoms with Crippen LogP contribution in [0.15, 0.2) is 69.4 Å². The molecule has 0 aliphatic carbocycles. The van der Waals surface area contributed by atoms with Gasteiger partial charge in [-0.25, -0.2) is 4.98 Å².